The third-order valence-electron chi connectivity index (χ3n) is 5.25. The number of nitrogens with two attached hydrogens (primary N) is 1. The van der Waals surface area contributed by atoms with Gasteiger partial charge in [-0.3, -0.25) is 14.5 Å². The summed E-state index contributed by atoms with van der Waals surface area (Å²) in [5, 5.41) is 4.76. The molecule has 6 heteroatoms. The maximum atomic E-state index is 12.7. The second-order valence-corrected chi connectivity index (χ2v) is 7.25. The molecule has 0 radical (unpaired) electrons. The highest BCUT2D eigenvalue weighted by Crippen LogP contribution is 2.24. The van der Waals surface area contributed by atoms with Crippen LogP contribution in [0.25, 0.3) is 17.3 Å². The Balaban J connectivity index is 1.61. The standard InChI is InChI=1S/C23H25N5O/c24-14-21-9-5-13-28(21)22(29)11-10-20-17-27(16-18-6-2-1-3-7-18)26-23(20)19-8-4-12-25-15-19/h1-4,6-8,10-12,15,17,21H,5,9,13-14,16,24H2. The number of aromatic nitrogens is 3. The zero-order valence-corrected chi connectivity index (χ0v) is 16.3. The minimum atomic E-state index is 0.00546. The number of hydrogen-bond acceptors (Lipinski definition) is 4. The van der Waals surface area contributed by atoms with E-state index in [0.29, 0.717) is 13.1 Å². The average Bonchev–Trinajstić information content (AvgIpc) is 3.40. The highest BCUT2D eigenvalue weighted by Gasteiger charge is 2.26. The van der Waals surface area contributed by atoms with E-state index in [1.165, 1.54) is 5.56 Å². The Morgan fingerprint density at radius 2 is 2.07 bits per heavy atom. The van der Waals surface area contributed by atoms with Gasteiger partial charge in [-0.1, -0.05) is 30.3 Å². The fourth-order valence-electron chi connectivity index (χ4n) is 3.77. The number of likely N-dealkylation sites (tertiary alicyclic amines) is 1. The maximum absolute atomic E-state index is 12.7. The summed E-state index contributed by atoms with van der Waals surface area (Å²) in [6.45, 7) is 1.94. The maximum Gasteiger partial charge on any atom is 0.246 e. The van der Waals surface area contributed by atoms with E-state index in [2.05, 4.69) is 17.1 Å². The molecule has 148 valence electrons. The molecule has 0 saturated carbocycles. The number of benzene rings is 1. The van der Waals surface area contributed by atoms with Gasteiger partial charge in [-0.2, -0.15) is 5.10 Å². The van der Waals surface area contributed by atoms with Crippen molar-refractivity contribution >= 4 is 12.0 Å². The molecule has 3 aromatic rings. The van der Waals surface area contributed by atoms with Gasteiger partial charge in [0.05, 0.1) is 6.54 Å². The van der Waals surface area contributed by atoms with Gasteiger partial charge in [-0.15, -0.1) is 0 Å². The molecule has 1 fully saturated rings. The summed E-state index contributed by atoms with van der Waals surface area (Å²) in [6.07, 6.45) is 11.0. The molecule has 1 aromatic carbocycles. The third-order valence-corrected chi connectivity index (χ3v) is 5.25. The van der Waals surface area contributed by atoms with Crippen molar-refractivity contribution in [3.63, 3.8) is 0 Å². The zero-order valence-electron chi connectivity index (χ0n) is 16.3. The lowest BCUT2D eigenvalue weighted by Crippen LogP contribution is -2.38. The van der Waals surface area contributed by atoms with Crippen LogP contribution in [0.5, 0.6) is 0 Å². The van der Waals surface area contributed by atoms with E-state index in [1.54, 1.807) is 18.5 Å². The smallest absolute Gasteiger partial charge is 0.246 e. The van der Waals surface area contributed by atoms with Crippen LogP contribution in [-0.2, 0) is 11.3 Å². The van der Waals surface area contributed by atoms with E-state index in [4.69, 9.17) is 10.8 Å². The predicted octanol–water partition coefficient (Wildman–Crippen LogP) is 2.96. The van der Waals surface area contributed by atoms with E-state index >= 15 is 0 Å². The molecule has 0 bridgehead atoms. The van der Waals surface area contributed by atoms with Gasteiger partial charge < -0.3 is 10.6 Å². The van der Waals surface area contributed by atoms with E-state index in [-0.39, 0.29) is 11.9 Å². The van der Waals surface area contributed by atoms with Gasteiger partial charge in [0.2, 0.25) is 5.91 Å². The minimum Gasteiger partial charge on any atom is -0.335 e. The SMILES string of the molecule is NCC1CCCN1C(=O)C=Cc1cn(Cc2ccccc2)nc1-c1cccnc1. The first-order chi connectivity index (χ1) is 14.2. The molecule has 4 rings (SSSR count). The Hall–Kier alpha value is -3.25. The van der Waals surface area contributed by atoms with Crippen LogP contribution in [0.4, 0.5) is 0 Å². The van der Waals surface area contributed by atoms with Gasteiger partial charge in [0, 0.05) is 54.9 Å². The molecule has 1 aliphatic rings. The van der Waals surface area contributed by atoms with E-state index in [9.17, 15) is 4.79 Å². The summed E-state index contributed by atoms with van der Waals surface area (Å²) in [7, 11) is 0. The number of carbonyl (C=O) groups is 1. The monoisotopic (exact) mass is 387 g/mol. The predicted molar refractivity (Wildman–Crippen MR) is 114 cm³/mol. The van der Waals surface area contributed by atoms with Crippen LogP contribution in [-0.4, -0.2) is 44.7 Å². The van der Waals surface area contributed by atoms with Crippen molar-refractivity contribution < 1.29 is 4.79 Å². The molecule has 1 saturated heterocycles. The molecular formula is C23H25N5O. The van der Waals surface area contributed by atoms with Gasteiger partial charge in [0.1, 0.15) is 5.69 Å². The van der Waals surface area contributed by atoms with Crippen molar-refractivity contribution in [3.05, 3.63) is 78.3 Å². The molecule has 1 aliphatic heterocycles. The van der Waals surface area contributed by atoms with Crippen LogP contribution in [0.2, 0.25) is 0 Å². The molecule has 2 N–H and O–H groups in total. The summed E-state index contributed by atoms with van der Waals surface area (Å²) in [5.74, 6) is 0.00546. The van der Waals surface area contributed by atoms with Crippen molar-refractivity contribution in [2.24, 2.45) is 5.73 Å². The van der Waals surface area contributed by atoms with Crippen molar-refractivity contribution in [2.75, 3.05) is 13.1 Å². The Bertz CT molecular complexity index is 981. The summed E-state index contributed by atoms with van der Waals surface area (Å²) >= 11 is 0. The van der Waals surface area contributed by atoms with Crippen molar-refractivity contribution in [3.8, 4) is 11.3 Å². The molecule has 0 spiro atoms. The van der Waals surface area contributed by atoms with Gasteiger partial charge in [-0.25, -0.2) is 0 Å². The highest BCUT2D eigenvalue weighted by atomic mass is 16.2. The second-order valence-electron chi connectivity index (χ2n) is 7.25. The normalized spacial score (nSPS) is 16.6. The van der Waals surface area contributed by atoms with Gasteiger partial charge in [0.15, 0.2) is 0 Å². The first-order valence-electron chi connectivity index (χ1n) is 9.95. The van der Waals surface area contributed by atoms with Crippen molar-refractivity contribution in [1.82, 2.24) is 19.7 Å². The Morgan fingerprint density at radius 1 is 1.21 bits per heavy atom. The lowest BCUT2D eigenvalue weighted by atomic mass is 10.1. The van der Waals surface area contributed by atoms with Gasteiger partial charge >= 0.3 is 0 Å². The number of carbonyl (C=O) groups excluding carboxylic acids is 1. The molecule has 1 atom stereocenters. The quantitative estimate of drug-likeness (QED) is 0.660. The topological polar surface area (TPSA) is 77.0 Å². The van der Waals surface area contributed by atoms with E-state index in [0.717, 1.165) is 36.2 Å². The summed E-state index contributed by atoms with van der Waals surface area (Å²) < 4.78 is 1.90. The fourth-order valence-corrected chi connectivity index (χ4v) is 3.77. The summed E-state index contributed by atoms with van der Waals surface area (Å²) in [6, 6.07) is 14.2. The number of hydrogen-bond donors (Lipinski definition) is 1. The van der Waals surface area contributed by atoms with Crippen LogP contribution in [0.3, 0.4) is 0 Å². The highest BCUT2D eigenvalue weighted by molar-refractivity contribution is 5.93. The Labute approximate surface area is 170 Å². The molecule has 29 heavy (non-hydrogen) atoms. The first kappa shape index (κ1) is 19.1. The number of amides is 1. The number of rotatable bonds is 6. The van der Waals surface area contributed by atoms with Crippen molar-refractivity contribution in [1.29, 1.82) is 0 Å². The summed E-state index contributed by atoms with van der Waals surface area (Å²) in [5.41, 5.74) is 9.61. The fraction of sp³-hybridized carbons (Fsp3) is 0.261. The van der Waals surface area contributed by atoms with Crippen LogP contribution < -0.4 is 5.73 Å². The largest absolute Gasteiger partial charge is 0.335 e. The van der Waals surface area contributed by atoms with Crippen LogP contribution in [0, 0.1) is 0 Å². The molecular weight excluding hydrogens is 362 g/mol. The Kier molecular flexibility index (Phi) is 5.81. The van der Waals surface area contributed by atoms with E-state index in [1.807, 2.05) is 52.2 Å². The molecule has 1 amide bonds. The zero-order chi connectivity index (χ0) is 20.1. The van der Waals surface area contributed by atoms with E-state index < -0.39 is 0 Å². The lowest BCUT2D eigenvalue weighted by Gasteiger charge is -2.21. The lowest BCUT2D eigenvalue weighted by molar-refractivity contribution is -0.126. The van der Waals surface area contributed by atoms with Crippen LogP contribution in [0.15, 0.2) is 67.1 Å². The molecule has 0 aliphatic carbocycles. The number of nitrogens with zero attached hydrogens (tertiary/aromatic N) is 4. The molecule has 1 unspecified atom stereocenters. The average molecular weight is 387 g/mol. The minimum absolute atomic E-state index is 0.00546. The van der Waals surface area contributed by atoms with Crippen molar-refractivity contribution in [2.45, 2.75) is 25.4 Å². The van der Waals surface area contributed by atoms with Gasteiger partial charge in [0.25, 0.3) is 0 Å². The van der Waals surface area contributed by atoms with Gasteiger partial charge in [-0.05, 0) is 36.6 Å². The van der Waals surface area contributed by atoms with Crippen LogP contribution >= 0.6 is 0 Å². The molecule has 6 nitrogen and oxygen atoms in total. The third kappa shape index (κ3) is 4.43. The summed E-state index contributed by atoms with van der Waals surface area (Å²) in [4.78, 5) is 18.8. The second kappa shape index (κ2) is 8.84. The Morgan fingerprint density at radius 3 is 2.83 bits per heavy atom. The van der Waals surface area contributed by atoms with Crippen LogP contribution in [0.1, 0.15) is 24.0 Å². The molecule has 2 aromatic heterocycles. The number of pyridine rings is 1. The molecule has 3 heterocycles. The first-order valence-corrected chi connectivity index (χ1v) is 9.95.